The topological polar surface area (TPSA) is 77.5 Å². The van der Waals surface area contributed by atoms with Crippen molar-refractivity contribution in [3.8, 4) is 0 Å². The molecular formula is C10H12N2O4S. The largest absolute Gasteiger partial charge is 0.469 e. The third-order valence-corrected chi connectivity index (χ3v) is 2.45. The summed E-state index contributed by atoms with van der Waals surface area (Å²) in [6.07, 6.45) is 0.935. The molecule has 7 heteroatoms. The fraction of sp³-hybridized carbons (Fsp3) is 0.300. The number of hydrogen-bond acceptors (Lipinski definition) is 6. The van der Waals surface area contributed by atoms with Crippen molar-refractivity contribution in [1.82, 2.24) is 4.98 Å². The molecule has 1 rings (SSSR count). The molecular weight excluding hydrogens is 244 g/mol. The molecule has 0 aliphatic heterocycles. The molecule has 0 aromatic carbocycles. The molecule has 1 aromatic heterocycles. The van der Waals surface area contributed by atoms with Gasteiger partial charge in [0.1, 0.15) is 6.61 Å². The smallest absolute Gasteiger partial charge is 0.413 e. The van der Waals surface area contributed by atoms with Crippen LogP contribution in [0.2, 0.25) is 0 Å². The zero-order valence-corrected chi connectivity index (χ0v) is 10.1. The normalized spacial score (nSPS) is 9.47. The number of nitrogens with zero attached hydrogens (tertiary/aromatic N) is 1. The first kappa shape index (κ1) is 13.2. The minimum Gasteiger partial charge on any atom is -0.469 e. The number of methoxy groups -OCH3 is 1. The van der Waals surface area contributed by atoms with Crippen molar-refractivity contribution in [2.45, 2.75) is 6.42 Å². The molecule has 0 radical (unpaired) electrons. The molecule has 0 spiro atoms. The zero-order valence-electron chi connectivity index (χ0n) is 9.26. The number of rotatable bonds is 5. The van der Waals surface area contributed by atoms with Gasteiger partial charge in [-0.1, -0.05) is 12.7 Å². The minimum absolute atomic E-state index is 0.0797. The quantitative estimate of drug-likeness (QED) is 0.639. The van der Waals surface area contributed by atoms with E-state index in [1.807, 2.05) is 0 Å². The van der Waals surface area contributed by atoms with Crippen LogP contribution in [-0.4, -0.2) is 30.8 Å². The summed E-state index contributed by atoms with van der Waals surface area (Å²) in [7, 11) is 1.31. The third kappa shape index (κ3) is 4.64. The van der Waals surface area contributed by atoms with Crippen LogP contribution in [0.15, 0.2) is 18.0 Å². The standard InChI is InChI=1S/C10H12N2O4S/c1-3-4-16-10(14)12-9-11-7(6-17-9)5-8(13)15-2/h3,6H,1,4-5H2,2H3,(H,11,12,14). The van der Waals surface area contributed by atoms with Gasteiger partial charge in [-0.15, -0.1) is 11.3 Å². The number of amides is 1. The molecule has 0 saturated heterocycles. The highest BCUT2D eigenvalue weighted by Gasteiger charge is 2.09. The Labute approximate surface area is 102 Å². The molecule has 0 aliphatic rings. The minimum atomic E-state index is -0.608. The number of aromatic nitrogens is 1. The Hall–Kier alpha value is -1.89. The summed E-state index contributed by atoms with van der Waals surface area (Å²) >= 11 is 1.21. The van der Waals surface area contributed by atoms with E-state index in [4.69, 9.17) is 4.74 Å². The van der Waals surface area contributed by atoms with E-state index in [-0.39, 0.29) is 19.0 Å². The van der Waals surface area contributed by atoms with E-state index in [1.165, 1.54) is 24.5 Å². The molecule has 1 N–H and O–H groups in total. The maximum atomic E-state index is 11.2. The lowest BCUT2D eigenvalue weighted by Crippen LogP contribution is -2.13. The molecule has 17 heavy (non-hydrogen) atoms. The van der Waals surface area contributed by atoms with E-state index in [0.29, 0.717) is 10.8 Å². The van der Waals surface area contributed by atoms with Crippen LogP contribution in [0.25, 0.3) is 0 Å². The molecule has 0 atom stereocenters. The summed E-state index contributed by atoms with van der Waals surface area (Å²) in [5.74, 6) is -0.379. The Bertz CT molecular complexity index is 416. The highest BCUT2D eigenvalue weighted by molar-refractivity contribution is 7.13. The van der Waals surface area contributed by atoms with Gasteiger partial charge in [0.15, 0.2) is 5.13 Å². The average molecular weight is 256 g/mol. The van der Waals surface area contributed by atoms with E-state index in [1.54, 1.807) is 5.38 Å². The molecule has 0 fully saturated rings. The second-order valence-corrected chi connectivity index (χ2v) is 3.77. The fourth-order valence-corrected chi connectivity index (χ4v) is 1.62. The first-order chi connectivity index (χ1) is 8.15. The third-order valence-electron chi connectivity index (χ3n) is 1.65. The zero-order chi connectivity index (χ0) is 12.7. The Kier molecular flexibility index (Phi) is 5.15. The Morgan fingerprint density at radius 2 is 2.41 bits per heavy atom. The Morgan fingerprint density at radius 1 is 1.65 bits per heavy atom. The Morgan fingerprint density at radius 3 is 3.06 bits per heavy atom. The number of anilines is 1. The molecule has 1 aromatic rings. The molecule has 0 unspecified atom stereocenters. The molecule has 0 saturated carbocycles. The summed E-state index contributed by atoms with van der Waals surface area (Å²) in [4.78, 5) is 26.2. The van der Waals surface area contributed by atoms with E-state index < -0.39 is 6.09 Å². The fourth-order valence-electron chi connectivity index (χ4n) is 0.924. The van der Waals surface area contributed by atoms with Crippen LogP contribution in [-0.2, 0) is 20.7 Å². The van der Waals surface area contributed by atoms with Crippen LogP contribution in [0, 0.1) is 0 Å². The van der Waals surface area contributed by atoms with Crippen molar-refractivity contribution in [2.24, 2.45) is 0 Å². The molecule has 6 nitrogen and oxygen atoms in total. The van der Waals surface area contributed by atoms with E-state index >= 15 is 0 Å². The number of esters is 1. The van der Waals surface area contributed by atoms with Crippen LogP contribution in [0.1, 0.15) is 5.69 Å². The number of carbonyl (C=O) groups excluding carboxylic acids is 2. The van der Waals surface area contributed by atoms with Crippen molar-refractivity contribution in [1.29, 1.82) is 0 Å². The van der Waals surface area contributed by atoms with Gasteiger partial charge in [-0.2, -0.15) is 0 Å². The van der Waals surface area contributed by atoms with Gasteiger partial charge in [0.05, 0.1) is 19.2 Å². The lowest BCUT2D eigenvalue weighted by atomic mass is 10.3. The van der Waals surface area contributed by atoms with Crippen molar-refractivity contribution in [3.63, 3.8) is 0 Å². The molecule has 0 bridgehead atoms. The van der Waals surface area contributed by atoms with Crippen LogP contribution < -0.4 is 5.32 Å². The second-order valence-electron chi connectivity index (χ2n) is 2.91. The van der Waals surface area contributed by atoms with E-state index in [0.717, 1.165) is 0 Å². The van der Waals surface area contributed by atoms with Crippen molar-refractivity contribution in [3.05, 3.63) is 23.7 Å². The number of thiazole rings is 1. The molecule has 1 amide bonds. The predicted octanol–water partition coefficient (Wildman–Crippen LogP) is 1.59. The van der Waals surface area contributed by atoms with Crippen LogP contribution in [0.5, 0.6) is 0 Å². The highest BCUT2D eigenvalue weighted by Crippen LogP contribution is 2.16. The van der Waals surface area contributed by atoms with Crippen molar-refractivity contribution in [2.75, 3.05) is 19.0 Å². The second kappa shape index (κ2) is 6.64. The summed E-state index contributed by atoms with van der Waals surface area (Å²) in [6, 6.07) is 0. The Balaban J connectivity index is 2.47. The maximum Gasteiger partial charge on any atom is 0.413 e. The number of carbonyl (C=O) groups is 2. The van der Waals surface area contributed by atoms with Crippen molar-refractivity contribution >= 4 is 28.5 Å². The van der Waals surface area contributed by atoms with Gasteiger partial charge < -0.3 is 9.47 Å². The first-order valence-corrected chi connectivity index (χ1v) is 5.59. The van der Waals surface area contributed by atoms with Gasteiger partial charge in [-0.3, -0.25) is 10.1 Å². The summed E-state index contributed by atoms with van der Waals surface area (Å²) in [6.45, 7) is 3.55. The van der Waals surface area contributed by atoms with E-state index in [2.05, 4.69) is 21.6 Å². The lowest BCUT2D eigenvalue weighted by Gasteiger charge is -2.00. The predicted molar refractivity (Wildman–Crippen MR) is 63.0 cm³/mol. The van der Waals surface area contributed by atoms with Crippen LogP contribution in [0.4, 0.5) is 9.93 Å². The van der Waals surface area contributed by atoms with Gasteiger partial charge in [-0.05, 0) is 0 Å². The summed E-state index contributed by atoms with van der Waals surface area (Å²) in [5, 5.41) is 4.47. The van der Waals surface area contributed by atoms with Crippen LogP contribution >= 0.6 is 11.3 Å². The van der Waals surface area contributed by atoms with Crippen LogP contribution in [0.3, 0.4) is 0 Å². The number of ether oxygens (including phenoxy) is 2. The van der Waals surface area contributed by atoms with E-state index in [9.17, 15) is 9.59 Å². The number of hydrogen-bond donors (Lipinski definition) is 1. The molecule has 0 aliphatic carbocycles. The average Bonchev–Trinajstić information content (AvgIpc) is 2.73. The summed E-state index contributed by atoms with van der Waals surface area (Å²) in [5.41, 5.74) is 0.542. The van der Waals surface area contributed by atoms with Gasteiger partial charge in [0.25, 0.3) is 0 Å². The van der Waals surface area contributed by atoms with Gasteiger partial charge in [-0.25, -0.2) is 9.78 Å². The SMILES string of the molecule is C=CCOC(=O)Nc1nc(CC(=O)OC)cs1. The van der Waals surface area contributed by atoms with Crippen molar-refractivity contribution < 1.29 is 19.1 Å². The van der Waals surface area contributed by atoms with Gasteiger partial charge in [0.2, 0.25) is 0 Å². The van der Waals surface area contributed by atoms with Gasteiger partial charge >= 0.3 is 12.1 Å². The highest BCUT2D eigenvalue weighted by atomic mass is 32.1. The monoisotopic (exact) mass is 256 g/mol. The molecule has 1 heterocycles. The van der Waals surface area contributed by atoms with Gasteiger partial charge in [0, 0.05) is 5.38 Å². The first-order valence-electron chi connectivity index (χ1n) is 4.71. The summed E-state index contributed by atoms with van der Waals surface area (Å²) < 4.78 is 9.21. The lowest BCUT2D eigenvalue weighted by molar-refractivity contribution is -0.139. The number of nitrogens with one attached hydrogen (secondary N) is 1. The maximum absolute atomic E-state index is 11.2. The molecule has 92 valence electrons.